The van der Waals surface area contributed by atoms with E-state index in [4.69, 9.17) is 0 Å². The van der Waals surface area contributed by atoms with Crippen molar-refractivity contribution in [1.29, 1.82) is 0 Å². The van der Waals surface area contributed by atoms with E-state index in [-0.39, 0.29) is 5.82 Å². The average Bonchev–Trinajstić information content (AvgIpc) is 2.23. The molecule has 15 heavy (non-hydrogen) atoms. The number of hydrogen-bond donors (Lipinski definition) is 0. The van der Waals surface area contributed by atoms with Crippen LogP contribution in [0.25, 0.3) is 11.1 Å². The molecular weight excluding hydrogens is 302 g/mol. The fourth-order valence-electron chi connectivity index (χ4n) is 1.53. The third kappa shape index (κ3) is 2.20. The summed E-state index contributed by atoms with van der Waals surface area (Å²) in [6.45, 7) is 1.97. The largest absolute Gasteiger partial charge is 0.206 e. The summed E-state index contributed by atoms with van der Waals surface area (Å²) in [6.07, 6.45) is 0. The molecule has 0 unspecified atom stereocenters. The Labute approximate surface area is 102 Å². The fourth-order valence-corrected chi connectivity index (χ4v) is 2.20. The Bertz CT molecular complexity index is 492. The van der Waals surface area contributed by atoms with Crippen molar-refractivity contribution in [2.75, 3.05) is 0 Å². The van der Waals surface area contributed by atoms with E-state index in [0.29, 0.717) is 5.56 Å². The Morgan fingerprint density at radius 1 is 1.00 bits per heavy atom. The lowest BCUT2D eigenvalue weighted by Crippen LogP contribution is -1.88. The number of halogens is 2. The molecule has 0 heterocycles. The van der Waals surface area contributed by atoms with Gasteiger partial charge in [0.2, 0.25) is 0 Å². The fraction of sp³-hybridized carbons (Fsp3) is 0.0769. The molecule has 0 aliphatic heterocycles. The van der Waals surface area contributed by atoms with E-state index in [2.05, 4.69) is 22.6 Å². The van der Waals surface area contributed by atoms with Crippen LogP contribution in [-0.4, -0.2) is 0 Å². The maximum Gasteiger partial charge on any atom is 0.131 e. The maximum atomic E-state index is 13.6. The molecule has 0 radical (unpaired) electrons. The van der Waals surface area contributed by atoms with Crippen LogP contribution in [0.1, 0.15) is 5.56 Å². The van der Waals surface area contributed by atoms with Gasteiger partial charge >= 0.3 is 0 Å². The quantitative estimate of drug-likeness (QED) is 0.685. The maximum absolute atomic E-state index is 13.6. The van der Waals surface area contributed by atoms with Gasteiger partial charge in [-0.3, -0.25) is 0 Å². The number of rotatable bonds is 1. The second kappa shape index (κ2) is 4.31. The van der Waals surface area contributed by atoms with Crippen LogP contribution in [0.2, 0.25) is 0 Å². The predicted octanol–water partition coefficient (Wildman–Crippen LogP) is 4.41. The monoisotopic (exact) mass is 312 g/mol. The van der Waals surface area contributed by atoms with Crippen LogP contribution < -0.4 is 0 Å². The Morgan fingerprint density at radius 3 is 2.47 bits per heavy atom. The van der Waals surface area contributed by atoms with Crippen molar-refractivity contribution in [2.24, 2.45) is 0 Å². The van der Waals surface area contributed by atoms with Crippen LogP contribution >= 0.6 is 22.6 Å². The molecule has 0 aromatic heterocycles. The molecule has 2 heteroatoms. The lowest BCUT2D eigenvalue weighted by atomic mass is 10.0. The highest BCUT2D eigenvalue weighted by Crippen LogP contribution is 2.27. The first-order valence-electron chi connectivity index (χ1n) is 4.69. The van der Waals surface area contributed by atoms with Crippen molar-refractivity contribution >= 4 is 22.6 Å². The molecule has 2 rings (SSSR count). The van der Waals surface area contributed by atoms with Gasteiger partial charge in [-0.1, -0.05) is 29.8 Å². The van der Waals surface area contributed by atoms with Crippen molar-refractivity contribution in [2.45, 2.75) is 6.92 Å². The Hall–Kier alpha value is -0.900. The summed E-state index contributed by atoms with van der Waals surface area (Å²) >= 11 is 2.23. The van der Waals surface area contributed by atoms with Crippen molar-refractivity contribution < 1.29 is 4.39 Å². The van der Waals surface area contributed by atoms with Gasteiger partial charge in [0, 0.05) is 9.13 Å². The van der Waals surface area contributed by atoms with Crippen molar-refractivity contribution in [3.05, 3.63) is 57.4 Å². The molecule has 0 bridgehead atoms. The van der Waals surface area contributed by atoms with E-state index in [9.17, 15) is 4.39 Å². The van der Waals surface area contributed by atoms with Crippen molar-refractivity contribution in [3.63, 3.8) is 0 Å². The van der Waals surface area contributed by atoms with E-state index in [1.54, 1.807) is 6.07 Å². The molecule has 0 aliphatic rings. The summed E-state index contributed by atoms with van der Waals surface area (Å²) in [6, 6.07) is 13.0. The molecule has 0 N–H and O–H groups in total. The molecule has 0 fully saturated rings. The minimum Gasteiger partial charge on any atom is -0.206 e. The number of aryl methyl sites for hydroxylation is 1. The molecule has 0 spiro atoms. The van der Waals surface area contributed by atoms with Gasteiger partial charge in [0.05, 0.1) is 0 Å². The lowest BCUT2D eigenvalue weighted by molar-refractivity contribution is 0.631. The predicted molar refractivity (Wildman–Crippen MR) is 69.3 cm³/mol. The smallest absolute Gasteiger partial charge is 0.131 e. The van der Waals surface area contributed by atoms with E-state index in [1.807, 2.05) is 37.3 Å². The summed E-state index contributed by atoms with van der Waals surface area (Å²) in [5.41, 5.74) is 2.71. The summed E-state index contributed by atoms with van der Waals surface area (Å²) < 4.78 is 14.7. The molecule has 76 valence electrons. The molecule has 0 saturated carbocycles. The van der Waals surface area contributed by atoms with Crippen LogP contribution in [0.15, 0.2) is 42.5 Å². The normalized spacial score (nSPS) is 10.3. The molecule has 0 saturated heterocycles. The van der Waals surface area contributed by atoms with Crippen LogP contribution in [0.3, 0.4) is 0 Å². The SMILES string of the molecule is Cc1ccc(F)c(-c2ccccc2I)c1. The molecule has 2 aromatic carbocycles. The van der Waals surface area contributed by atoms with Gasteiger partial charge in [-0.2, -0.15) is 0 Å². The molecular formula is C13H10FI. The van der Waals surface area contributed by atoms with Gasteiger partial charge in [-0.05, 0) is 53.3 Å². The van der Waals surface area contributed by atoms with Crippen LogP contribution in [0.4, 0.5) is 4.39 Å². The first kappa shape index (κ1) is 10.6. The van der Waals surface area contributed by atoms with Crippen LogP contribution in [-0.2, 0) is 0 Å². The highest BCUT2D eigenvalue weighted by atomic mass is 127. The second-order valence-corrected chi connectivity index (χ2v) is 4.63. The third-order valence-corrected chi connectivity index (χ3v) is 3.23. The van der Waals surface area contributed by atoms with E-state index in [0.717, 1.165) is 14.7 Å². The highest BCUT2D eigenvalue weighted by molar-refractivity contribution is 14.1. The topological polar surface area (TPSA) is 0 Å². The Balaban J connectivity index is 2.64. The zero-order valence-corrected chi connectivity index (χ0v) is 10.5. The second-order valence-electron chi connectivity index (χ2n) is 3.46. The number of benzene rings is 2. The van der Waals surface area contributed by atoms with Gasteiger partial charge in [0.25, 0.3) is 0 Å². The molecule has 0 aliphatic carbocycles. The first-order valence-corrected chi connectivity index (χ1v) is 5.77. The van der Waals surface area contributed by atoms with E-state index in [1.165, 1.54) is 6.07 Å². The van der Waals surface area contributed by atoms with Gasteiger partial charge < -0.3 is 0 Å². The summed E-state index contributed by atoms with van der Waals surface area (Å²) in [5, 5.41) is 0. The van der Waals surface area contributed by atoms with E-state index >= 15 is 0 Å². The summed E-state index contributed by atoms with van der Waals surface area (Å²) in [7, 11) is 0. The lowest BCUT2D eigenvalue weighted by Gasteiger charge is -2.06. The van der Waals surface area contributed by atoms with Gasteiger partial charge in [-0.15, -0.1) is 0 Å². The molecule has 0 nitrogen and oxygen atoms in total. The van der Waals surface area contributed by atoms with Crippen molar-refractivity contribution in [3.8, 4) is 11.1 Å². The summed E-state index contributed by atoms with van der Waals surface area (Å²) in [5.74, 6) is -0.162. The minimum absolute atomic E-state index is 0.162. The first-order chi connectivity index (χ1) is 7.18. The number of hydrogen-bond acceptors (Lipinski definition) is 0. The van der Waals surface area contributed by atoms with Crippen LogP contribution in [0, 0.1) is 16.3 Å². The molecule has 0 amide bonds. The minimum atomic E-state index is -0.162. The van der Waals surface area contributed by atoms with Gasteiger partial charge in [-0.25, -0.2) is 4.39 Å². The van der Waals surface area contributed by atoms with Gasteiger partial charge in [0.15, 0.2) is 0 Å². The van der Waals surface area contributed by atoms with Gasteiger partial charge in [0.1, 0.15) is 5.82 Å². The zero-order valence-electron chi connectivity index (χ0n) is 8.30. The van der Waals surface area contributed by atoms with Crippen LogP contribution in [0.5, 0.6) is 0 Å². The highest BCUT2D eigenvalue weighted by Gasteiger charge is 2.07. The van der Waals surface area contributed by atoms with E-state index < -0.39 is 0 Å². The molecule has 0 atom stereocenters. The summed E-state index contributed by atoms with van der Waals surface area (Å²) in [4.78, 5) is 0. The standard InChI is InChI=1S/C13H10FI/c1-9-6-7-12(14)11(8-9)10-4-2-3-5-13(10)15/h2-8H,1H3. The Kier molecular flexibility index (Phi) is 3.05. The Morgan fingerprint density at radius 2 is 1.73 bits per heavy atom. The third-order valence-electron chi connectivity index (χ3n) is 2.29. The average molecular weight is 312 g/mol. The molecule has 2 aromatic rings. The zero-order chi connectivity index (χ0) is 10.8. The van der Waals surface area contributed by atoms with Crippen molar-refractivity contribution in [1.82, 2.24) is 0 Å².